The first-order valence-corrected chi connectivity index (χ1v) is 6.21. The van der Waals surface area contributed by atoms with Crippen molar-refractivity contribution in [2.24, 2.45) is 0 Å². The van der Waals surface area contributed by atoms with Gasteiger partial charge in [0, 0.05) is 12.3 Å². The van der Waals surface area contributed by atoms with Gasteiger partial charge in [0.2, 0.25) is 0 Å². The number of benzene rings is 1. The van der Waals surface area contributed by atoms with Gasteiger partial charge in [0.1, 0.15) is 0 Å². The summed E-state index contributed by atoms with van der Waals surface area (Å²) in [6, 6.07) is 8.40. The zero-order chi connectivity index (χ0) is 11.5. The number of nitrogens with zero attached hydrogens (tertiary/aromatic N) is 1. The van der Waals surface area contributed by atoms with E-state index in [9.17, 15) is 8.42 Å². The van der Waals surface area contributed by atoms with E-state index in [1.165, 1.54) is 12.3 Å². The SMILES string of the molecule is CC(=CC#N)c1ccc(S(C)(=O)=O)cc1. The molecular formula is C11H11NO2S. The Kier molecular flexibility index (Phi) is 3.28. The van der Waals surface area contributed by atoms with E-state index in [1.807, 2.05) is 6.07 Å². The Morgan fingerprint density at radius 2 is 1.87 bits per heavy atom. The zero-order valence-electron chi connectivity index (χ0n) is 8.56. The molecule has 0 bridgehead atoms. The van der Waals surface area contributed by atoms with Crippen molar-refractivity contribution >= 4 is 15.4 Å². The number of rotatable bonds is 2. The molecule has 0 aliphatic heterocycles. The van der Waals surface area contributed by atoms with Crippen LogP contribution in [0.4, 0.5) is 0 Å². The molecule has 1 aromatic carbocycles. The van der Waals surface area contributed by atoms with E-state index < -0.39 is 9.84 Å². The van der Waals surface area contributed by atoms with Gasteiger partial charge in [0.25, 0.3) is 0 Å². The lowest BCUT2D eigenvalue weighted by Crippen LogP contribution is -1.96. The summed E-state index contributed by atoms with van der Waals surface area (Å²) in [5, 5.41) is 8.46. The van der Waals surface area contributed by atoms with Crippen LogP contribution in [0, 0.1) is 11.3 Å². The molecule has 0 fully saturated rings. The van der Waals surface area contributed by atoms with Crippen LogP contribution < -0.4 is 0 Å². The van der Waals surface area contributed by atoms with Crippen LogP contribution >= 0.6 is 0 Å². The first kappa shape index (κ1) is 11.5. The van der Waals surface area contributed by atoms with Crippen molar-refractivity contribution < 1.29 is 8.42 Å². The van der Waals surface area contributed by atoms with Crippen molar-refractivity contribution in [3.8, 4) is 6.07 Å². The zero-order valence-corrected chi connectivity index (χ0v) is 9.38. The third-order valence-corrected chi connectivity index (χ3v) is 3.15. The molecule has 0 saturated heterocycles. The highest BCUT2D eigenvalue weighted by molar-refractivity contribution is 7.90. The summed E-state index contributed by atoms with van der Waals surface area (Å²) in [6.07, 6.45) is 2.59. The number of hydrogen-bond acceptors (Lipinski definition) is 3. The minimum absolute atomic E-state index is 0.288. The lowest BCUT2D eigenvalue weighted by Gasteiger charge is -2.01. The lowest BCUT2D eigenvalue weighted by molar-refractivity contribution is 0.602. The van der Waals surface area contributed by atoms with Crippen molar-refractivity contribution in [3.05, 3.63) is 35.9 Å². The Balaban J connectivity index is 3.13. The van der Waals surface area contributed by atoms with Crippen molar-refractivity contribution in [2.75, 3.05) is 6.26 Å². The van der Waals surface area contributed by atoms with Crippen LogP contribution in [-0.2, 0) is 9.84 Å². The fourth-order valence-electron chi connectivity index (χ4n) is 1.15. The molecule has 4 heteroatoms. The molecule has 15 heavy (non-hydrogen) atoms. The maximum Gasteiger partial charge on any atom is 0.175 e. The van der Waals surface area contributed by atoms with E-state index in [2.05, 4.69) is 0 Å². The summed E-state index contributed by atoms with van der Waals surface area (Å²) in [6.45, 7) is 1.80. The summed E-state index contributed by atoms with van der Waals surface area (Å²) >= 11 is 0. The van der Waals surface area contributed by atoms with E-state index in [4.69, 9.17) is 5.26 Å². The molecule has 78 valence electrons. The quantitative estimate of drug-likeness (QED) is 0.718. The minimum Gasteiger partial charge on any atom is -0.224 e. The van der Waals surface area contributed by atoms with Gasteiger partial charge in [-0.1, -0.05) is 12.1 Å². The van der Waals surface area contributed by atoms with Gasteiger partial charge in [-0.15, -0.1) is 0 Å². The Labute approximate surface area is 89.6 Å². The molecule has 0 aliphatic rings. The molecule has 0 heterocycles. The first-order chi connectivity index (χ1) is 6.95. The van der Waals surface area contributed by atoms with Crippen molar-refractivity contribution in [1.82, 2.24) is 0 Å². The maximum atomic E-state index is 11.2. The predicted molar refractivity (Wildman–Crippen MR) is 58.8 cm³/mol. The Bertz CT molecular complexity index is 519. The summed E-state index contributed by atoms with van der Waals surface area (Å²) in [4.78, 5) is 0.288. The smallest absolute Gasteiger partial charge is 0.175 e. The molecule has 0 radical (unpaired) electrons. The Morgan fingerprint density at radius 3 is 2.27 bits per heavy atom. The standard InChI is InChI=1S/C11H11NO2S/c1-9(7-8-12)10-3-5-11(6-4-10)15(2,13)14/h3-7H,1-2H3. The monoisotopic (exact) mass is 221 g/mol. The van der Waals surface area contributed by atoms with E-state index in [-0.39, 0.29) is 4.90 Å². The average molecular weight is 221 g/mol. The number of nitriles is 1. The molecular weight excluding hydrogens is 210 g/mol. The Morgan fingerprint density at radius 1 is 1.33 bits per heavy atom. The molecule has 0 atom stereocenters. The van der Waals surface area contributed by atoms with Crippen molar-refractivity contribution in [3.63, 3.8) is 0 Å². The second-order valence-corrected chi connectivity index (χ2v) is 5.27. The van der Waals surface area contributed by atoms with Gasteiger partial charge in [0.05, 0.1) is 11.0 Å². The van der Waals surface area contributed by atoms with Crippen LogP contribution in [0.25, 0.3) is 5.57 Å². The molecule has 0 unspecified atom stereocenters. The van der Waals surface area contributed by atoms with Gasteiger partial charge >= 0.3 is 0 Å². The van der Waals surface area contributed by atoms with Crippen LogP contribution in [0.3, 0.4) is 0 Å². The average Bonchev–Trinajstić information content (AvgIpc) is 2.17. The van der Waals surface area contributed by atoms with Gasteiger partial charge < -0.3 is 0 Å². The number of sulfone groups is 1. The van der Waals surface area contributed by atoms with E-state index in [0.717, 1.165) is 11.1 Å². The molecule has 0 aliphatic carbocycles. The van der Waals surface area contributed by atoms with Crippen molar-refractivity contribution in [1.29, 1.82) is 5.26 Å². The van der Waals surface area contributed by atoms with Gasteiger partial charge in [-0.3, -0.25) is 0 Å². The van der Waals surface area contributed by atoms with E-state index in [0.29, 0.717) is 0 Å². The Hall–Kier alpha value is -1.60. The van der Waals surface area contributed by atoms with Gasteiger partial charge in [-0.05, 0) is 30.2 Å². The van der Waals surface area contributed by atoms with Crippen LogP contribution in [0.1, 0.15) is 12.5 Å². The summed E-state index contributed by atoms with van der Waals surface area (Å²) < 4.78 is 22.3. The van der Waals surface area contributed by atoms with Crippen LogP contribution in [0.5, 0.6) is 0 Å². The largest absolute Gasteiger partial charge is 0.224 e. The molecule has 1 aromatic rings. The van der Waals surface area contributed by atoms with Crippen LogP contribution in [-0.4, -0.2) is 14.7 Å². The second-order valence-electron chi connectivity index (χ2n) is 3.25. The van der Waals surface area contributed by atoms with E-state index >= 15 is 0 Å². The third-order valence-electron chi connectivity index (χ3n) is 2.02. The third kappa shape index (κ3) is 2.93. The molecule has 3 nitrogen and oxygen atoms in total. The van der Waals surface area contributed by atoms with Crippen molar-refractivity contribution in [2.45, 2.75) is 11.8 Å². The highest BCUT2D eigenvalue weighted by Gasteiger charge is 2.06. The second kappa shape index (κ2) is 4.28. The normalized spacial score (nSPS) is 12.2. The molecule has 0 aromatic heterocycles. The van der Waals surface area contributed by atoms with Crippen LogP contribution in [0.2, 0.25) is 0 Å². The first-order valence-electron chi connectivity index (χ1n) is 4.32. The molecule has 0 amide bonds. The summed E-state index contributed by atoms with van der Waals surface area (Å²) in [5.41, 5.74) is 1.67. The highest BCUT2D eigenvalue weighted by Crippen LogP contribution is 2.16. The van der Waals surface area contributed by atoms with Gasteiger partial charge in [-0.2, -0.15) is 5.26 Å². The fraction of sp³-hybridized carbons (Fsp3) is 0.182. The van der Waals surface area contributed by atoms with Gasteiger partial charge in [0.15, 0.2) is 9.84 Å². The molecule has 0 saturated carbocycles. The minimum atomic E-state index is -3.14. The van der Waals surface area contributed by atoms with Crippen LogP contribution in [0.15, 0.2) is 35.2 Å². The fourth-order valence-corrected chi connectivity index (χ4v) is 1.78. The molecule has 1 rings (SSSR count). The number of allylic oxidation sites excluding steroid dienone is 2. The highest BCUT2D eigenvalue weighted by atomic mass is 32.2. The topological polar surface area (TPSA) is 57.9 Å². The summed E-state index contributed by atoms with van der Waals surface area (Å²) in [7, 11) is -3.14. The lowest BCUT2D eigenvalue weighted by atomic mass is 10.1. The van der Waals surface area contributed by atoms with Gasteiger partial charge in [-0.25, -0.2) is 8.42 Å². The maximum absolute atomic E-state index is 11.2. The molecule has 0 N–H and O–H groups in total. The van der Waals surface area contributed by atoms with E-state index in [1.54, 1.807) is 31.2 Å². The molecule has 0 spiro atoms. The number of hydrogen-bond donors (Lipinski definition) is 0. The predicted octanol–water partition coefficient (Wildman–Crippen LogP) is 2.02. The summed E-state index contributed by atoms with van der Waals surface area (Å²) in [5.74, 6) is 0.